The Morgan fingerprint density at radius 3 is 2.39 bits per heavy atom. The van der Waals surface area contributed by atoms with Crippen LogP contribution in [-0.4, -0.2) is 20.5 Å². The van der Waals surface area contributed by atoms with Gasteiger partial charge in [0.05, 0.1) is 5.69 Å². The second-order valence-electron chi connectivity index (χ2n) is 5.45. The molecule has 0 spiro atoms. The van der Waals surface area contributed by atoms with Gasteiger partial charge >= 0.3 is 0 Å². The molecule has 23 heavy (non-hydrogen) atoms. The van der Waals surface area contributed by atoms with Gasteiger partial charge in [-0.2, -0.15) is 4.72 Å². The van der Waals surface area contributed by atoms with Crippen molar-refractivity contribution >= 4 is 27.3 Å². The van der Waals surface area contributed by atoms with Crippen molar-refractivity contribution in [3.63, 3.8) is 0 Å². The van der Waals surface area contributed by atoms with Crippen molar-refractivity contribution in [2.45, 2.75) is 24.9 Å². The zero-order chi connectivity index (χ0) is 16.6. The second kappa shape index (κ2) is 5.68. The topological polar surface area (TPSA) is 87.3 Å². The van der Waals surface area contributed by atoms with E-state index in [1.165, 1.54) is 6.07 Å². The molecule has 1 aliphatic rings. The number of carbonyl (C=O) groups is 1. The predicted octanol–water partition coefficient (Wildman–Crippen LogP) is 1.97. The van der Waals surface area contributed by atoms with Gasteiger partial charge in [-0.3, -0.25) is 4.79 Å². The lowest BCUT2D eigenvalue weighted by Gasteiger charge is -2.27. The molecule has 0 saturated carbocycles. The van der Waals surface area contributed by atoms with Gasteiger partial charge in [0.25, 0.3) is 5.91 Å². The van der Waals surface area contributed by atoms with Gasteiger partial charge in [0.15, 0.2) is 6.17 Å². The second-order valence-corrected chi connectivity index (χ2v) is 7.13. The van der Waals surface area contributed by atoms with E-state index in [1.54, 1.807) is 18.2 Å². The van der Waals surface area contributed by atoms with E-state index < -0.39 is 22.1 Å². The van der Waals surface area contributed by atoms with Crippen LogP contribution in [0.25, 0.3) is 0 Å². The third-order valence-electron chi connectivity index (χ3n) is 3.74. The Hall–Kier alpha value is -2.38. The van der Waals surface area contributed by atoms with E-state index in [0.29, 0.717) is 11.4 Å². The van der Waals surface area contributed by atoms with Gasteiger partial charge in [0.1, 0.15) is 4.90 Å². The summed E-state index contributed by atoms with van der Waals surface area (Å²) in [7, 11) is -3.72. The molecular formula is C16H17N3O3S. The molecule has 6 nitrogen and oxygen atoms in total. The summed E-state index contributed by atoms with van der Waals surface area (Å²) in [5.74, 6) is -0.458. The van der Waals surface area contributed by atoms with Crippen LogP contribution in [0, 0.1) is 13.8 Å². The van der Waals surface area contributed by atoms with E-state index in [2.05, 4.69) is 15.4 Å². The number of nitrogens with one attached hydrogen (secondary N) is 3. The summed E-state index contributed by atoms with van der Waals surface area (Å²) in [6, 6.07) is 12.1. The first-order valence-electron chi connectivity index (χ1n) is 7.13. The molecule has 0 saturated heterocycles. The van der Waals surface area contributed by atoms with Gasteiger partial charge < -0.3 is 10.6 Å². The van der Waals surface area contributed by atoms with Crippen molar-refractivity contribution in [2.24, 2.45) is 0 Å². The molecule has 1 amide bonds. The van der Waals surface area contributed by atoms with E-state index in [-0.39, 0.29) is 4.90 Å². The fourth-order valence-corrected chi connectivity index (χ4v) is 3.83. The van der Waals surface area contributed by atoms with E-state index in [4.69, 9.17) is 0 Å². The highest BCUT2D eigenvalue weighted by Crippen LogP contribution is 2.26. The molecule has 1 aliphatic heterocycles. The fraction of sp³-hybridized carbons (Fsp3) is 0.188. The number of anilines is 2. The number of rotatable bonds is 2. The van der Waals surface area contributed by atoms with Gasteiger partial charge in [-0.15, -0.1) is 0 Å². The van der Waals surface area contributed by atoms with Gasteiger partial charge in [-0.1, -0.05) is 30.3 Å². The molecule has 2 aromatic rings. The summed E-state index contributed by atoms with van der Waals surface area (Å²) in [6.45, 7) is 3.77. The van der Waals surface area contributed by atoms with Crippen LogP contribution in [-0.2, 0) is 14.8 Å². The highest BCUT2D eigenvalue weighted by Gasteiger charge is 2.33. The summed E-state index contributed by atoms with van der Waals surface area (Å²) in [5, 5.41) is 5.70. The summed E-state index contributed by atoms with van der Waals surface area (Å²) < 4.78 is 26.8. The van der Waals surface area contributed by atoms with Crippen molar-refractivity contribution in [3.05, 3.63) is 53.6 Å². The van der Waals surface area contributed by atoms with Gasteiger partial charge in [-0.05, 0) is 37.1 Å². The zero-order valence-corrected chi connectivity index (χ0v) is 13.6. The molecule has 0 fully saturated rings. The van der Waals surface area contributed by atoms with Gasteiger partial charge in [0, 0.05) is 5.69 Å². The number of amides is 1. The van der Waals surface area contributed by atoms with E-state index in [1.807, 2.05) is 32.0 Å². The molecule has 3 rings (SSSR count). The zero-order valence-electron chi connectivity index (χ0n) is 12.8. The standard InChI is InChI=1S/C16H17N3O3S/c1-10-6-5-7-11(2)14(10)18-16(20)15-17-12-8-3-4-9-13(12)23(21,22)19-15/h3-9,15,17,19H,1-2H3,(H,18,20)/t15-/m0/s1. The molecule has 7 heteroatoms. The molecule has 0 aliphatic carbocycles. The van der Waals surface area contributed by atoms with Crippen molar-refractivity contribution in [1.82, 2.24) is 4.72 Å². The third kappa shape index (κ3) is 2.93. The highest BCUT2D eigenvalue weighted by atomic mass is 32.2. The van der Waals surface area contributed by atoms with Gasteiger partial charge in [0.2, 0.25) is 10.0 Å². The maximum absolute atomic E-state index is 12.5. The lowest BCUT2D eigenvalue weighted by Crippen LogP contribution is -2.51. The normalized spacial score (nSPS) is 18.6. The number of para-hydroxylation sites is 2. The molecule has 0 bridgehead atoms. The van der Waals surface area contributed by atoms with E-state index >= 15 is 0 Å². The Bertz CT molecular complexity index is 858. The van der Waals surface area contributed by atoms with Crippen LogP contribution in [0.1, 0.15) is 11.1 Å². The quantitative estimate of drug-likeness (QED) is 0.785. The Balaban J connectivity index is 1.88. The maximum Gasteiger partial charge on any atom is 0.262 e. The van der Waals surface area contributed by atoms with Crippen LogP contribution >= 0.6 is 0 Å². The number of fused-ring (bicyclic) bond motifs is 1. The molecule has 1 heterocycles. The molecular weight excluding hydrogens is 314 g/mol. The van der Waals surface area contributed by atoms with Crippen LogP contribution in [0.4, 0.5) is 11.4 Å². The van der Waals surface area contributed by atoms with Crippen LogP contribution in [0.3, 0.4) is 0 Å². The lowest BCUT2D eigenvalue weighted by molar-refractivity contribution is -0.117. The first kappa shape index (κ1) is 15.5. The Morgan fingerprint density at radius 1 is 1.04 bits per heavy atom. The summed E-state index contributed by atoms with van der Waals surface area (Å²) in [6.07, 6.45) is -1.06. The summed E-state index contributed by atoms with van der Waals surface area (Å²) >= 11 is 0. The minimum absolute atomic E-state index is 0.135. The number of benzene rings is 2. The molecule has 0 aromatic heterocycles. The first-order valence-corrected chi connectivity index (χ1v) is 8.62. The molecule has 120 valence electrons. The molecule has 2 aromatic carbocycles. The van der Waals surface area contributed by atoms with Crippen molar-refractivity contribution in [1.29, 1.82) is 0 Å². The van der Waals surface area contributed by atoms with Crippen LogP contribution in [0.2, 0.25) is 0 Å². The number of aryl methyl sites for hydroxylation is 2. The third-order valence-corrected chi connectivity index (χ3v) is 5.22. The van der Waals surface area contributed by atoms with Crippen LogP contribution in [0.15, 0.2) is 47.4 Å². The number of hydrogen-bond acceptors (Lipinski definition) is 4. The molecule has 0 unspecified atom stereocenters. The SMILES string of the molecule is Cc1cccc(C)c1NC(=O)[C@H]1Nc2ccccc2S(=O)(=O)N1. The van der Waals surface area contributed by atoms with Crippen LogP contribution in [0.5, 0.6) is 0 Å². The summed E-state index contributed by atoms with van der Waals surface area (Å²) in [5.41, 5.74) is 2.93. The average Bonchev–Trinajstić information content (AvgIpc) is 2.50. The number of sulfonamides is 1. The summed E-state index contributed by atoms with van der Waals surface area (Å²) in [4.78, 5) is 12.6. The largest absolute Gasteiger partial charge is 0.360 e. The van der Waals surface area contributed by atoms with E-state index in [9.17, 15) is 13.2 Å². The average molecular weight is 331 g/mol. The maximum atomic E-state index is 12.5. The highest BCUT2D eigenvalue weighted by molar-refractivity contribution is 7.89. The monoisotopic (exact) mass is 331 g/mol. The Kier molecular flexibility index (Phi) is 3.83. The lowest BCUT2D eigenvalue weighted by atomic mass is 10.1. The minimum Gasteiger partial charge on any atom is -0.360 e. The van der Waals surface area contributed by atoms with Crippen molar-refractivity contribution < 1.29 is 13.2 Å². The number of hydrogen-bond donors (Lipinski definition) is 3. The molecule has 0 radical (unpaired) electrons. The Labute approximate surface area is 135 Å². The predicted molar refractivity (Wildman–Crippen MR) is 88.7 cm³/mol. The van der Waals surface area contributed by atoms with E-state index in [0.717, 1.165) is 11.1 Å². The Morgan fingerprint density at radius 2 is 1.70 bits per heavy atom. The smallest absolute Gasteiger partial charge is 0.262 e. The van der Waals surface area contributed by atoms with Crippen LogP contribution < -0.4 is 15.4 Å². The van der Waals surface area contributed by atoms with Gasteiger partial charge in [-0.25, -0.2) is 8.42 Å². The van der Waals surface area contributed by atoms with Crippen molar-refractivity contribution in [3.8, 4) is 0 Å². The first-order chi connectivity index (χ1) is 10.9. The molecule has 3 N–H and O–H groups in total. The van der Waals surface area contributed by atoms with Crippen molar-refractivity contribution in [2.75, 3.05) is 10.6 Å². The fourth-order valence-electron chi connectivity index (χ4n) is 2.55. The number of carbonyl (C=O) groups excluding carboxylic acids is 1. The minimum atomic E-state index is -3.72. The molecule has 1 atom stereocenters.